The highest BCUT2D eigenvalue weighted by molar-refractivity contribution is 6.11. The van der Waals surface area contributed by atoms with Crippen LogP contribution >= 0.6 is 0 Å². The first-order valence-corrected chi connectivity index (χ1v) is 10.3. The molecular weight excluding hydrogens is 412 g/mol. The summed E-state index contributed by atoms with van der Waals surface area (Å²) < 4.78 is 0. The number of carbonyl (C=O) groups excluding carboxylic acids is 1. The lowest BCUT2D eigenvalue weighted by molar-refractivity contribution is 0.0698. The van der Waals surface area contributed by atoms with Gasteiger partial charge in [0.25, 0.3) is 5.91 Å². The van der Waals surface area contributed by atoms with Crippen LogP contribution < -0.4 is 10.6 Å². The lowest BCUT2D eigenvalue weighted by Crippen LogP contribution is -2.16. The van der Waals surface area contributed by atoms with Crippen LogP contribution in [0, 0.1) is 11.8 Å². The highest BCUT2D eigenvalue weighted by Gasteiger charge is 2.17. The molecule has 0 unspecified atom stereocenters. The first kappa shape index (κ1) is 21.4. The molecule has 0 aliphatic rings. The van der Waals surface area contributed by atoms with Crippen molar-refractivity contribution in [3.05, 3.63) is 125 Å². The number of amides is 1. The molecule has 33 heavy (non-hydrogen) atoms. The van der Waals surface area contributed by atoms with E-state index < -0.39 is 11.9 Å². The fraction of sp³-hybridized carbons (Fsp3) is 0. The van der Waals surface area contributed by atoms with Crippen molar-refractivity contribution in [2.75, 3.05) is 10.6 Å². The summed E-state index contributed by atoms with van der Waals surface area (Å²) >= 11 is 0. The summed E-state index contributed by atoms with van der Waals surface area (Å²) in [6.45, 7) is 0. The third kappa shape index (κ3) is 5.27. The van der Waals surface area contributed by atoms with Gasteiger partial charge in [-0.05, 0) is 48.5 Å². The Morgan fingerprint density at radius 1 is 0.667 bits per heavy atom. The number of hydrogen-bond donors (Lipinski definition) is 3. The Labute approximate surface area is 191 Å². The number of carbonyl (C=O) groups is 2. The summed E-state index contributed by atoms with van der Waals surface area (Å²) in [5.74, 6) is 4.73. The molecule has 0 spiro atoms. The molecule has 0 heterocycles. The molecule has 0 aliphatic carbocycles. The van der Waals surface area contributed by atoms with Crippen molar-refractivity contribution >= 4 is 28.9 Å². The Balaban J connectivity index is 1.75. The fourth-order valence-electron chi connectivity index (χ4n) is 3.28. The van der Waals surface area contributed by atoms with E-state index in [1.165, 1.54) is 6.07 Å². The van der Waals surface area contributed by atoms with Gasteiger partial charge in [0.2, 0.25) is 0 Å². The number of benzene rings is 4. The summed E-state index contributed by atoms with van der Waals surface area (Å²) in [7, 11) is 0. The van der Waals surface area contributed by atoms with E-state index in [1.54, 1.807) is 30.3 Å². The molecule has 4 aromatic carbocycles. The molecule has 0 saturated heterocycles. The van der Waals surface area contributed by atoms with Gasteiger partial charge in [-0.1, -0.05) is 66.4 Å². The second kappa shape index (κ2) is 9.99. The minimum absolute atomic E-state index is 0.0171. The maximum atomic E-state index is 13.2. The molecule has 0 aliphatic heterocycles. The largest absolute Gasteiger partial charge is 0.478 e. The van der Waals surface area contributed by atoms with Gasteiger partial charge in [0.15, 0.2) is 0 Å². The van der Waals surface area contributed by atoms with E-state index in [9.17, 15) is 14.7 Å². The van der Waals surface area contributed by atoms with Crippen molar-refractivity contribution in [3.63, 3.8) is 0 Å². The average molecular weight is 432 g/mol. The molecule has 0 radical (unpaired) electrons. The standard InChI is InChI=1S/C28H20N2O3/c31-27(30-25-17-8-7-15-23(25)28(32)33)24-16-9-12-21(19-18-20-10-3-1-4-11-20)26(24)29-22-13-5-2-6-14-22/h1-17,29H,(H,30,31)(H,32,33). The number of rotatable bonds is 5. The van der Waals surface area contributed by atoms with Crippen molar-refractivity contribution < 1.29 is 14.7 Å². The Morgan fingerprint density at radius 2 is 1.30 bits per heavy atom. The van der Waals surface area contributed by atoms with Crippen molar-refractivity contribution in [3.8, 4) is 11.8 Å². The summed E-state index contributed by atoms with van der Waals surface area (Å²) in [5, 5.41) is 15.5. The van der Waals surface area contributed by atoms with Crippen LogP contribution in [0.15, 0.2) is 103 Å². The molecule has 3 N–H and O–H groups in total. The molecule has 0 fully saturated rings. The number of carboxylic acids is 1. The predicted molar refractivity (Wildman–Crippen MR) is 130 cm³/mol. The van der Waals surface area contributed by atoms with Crippen LogP contribution in [0.1, 0.15) is 31.8 Å². The second-order valence-electron chi connectivity index (χ2n) is 7.14. The first-order valence-electron chi connectivity index (χ1n) is 10.3. The quantitative estimate of drug-likeness (QED) is 0.349. The molecule has 4 rings (SSSR count). The first-order chi connectivity index (χ1) is 16.1. The van der Waals surface area contributed by atoms with E-state index in [1.807, 2.05) is 66.7 Å². The lowest BCUT2D eigenvalue weighted by Gasteiger charge is -2.15. The molecule has 0 aromatic heterocycles. The second-order valence-corrected chi connectivity index (χ2v) is 7.14. The minimum atomic E-state index is -1.11. The van der Waals surface area contributed by atoms with Crippen LogP contribution in [-0.2, 0) is 0 Å². The van der Waals surface area contributed by atoms with Gasteiger partial charge < -0.3 is 15.7 Å². The van der Waals surface area contributed by atoms with Crippen LogP contribution in [0.25, 0.3) is 0 Å². The maximum Gasteiger partial charge on any atom is 0.337 e. The Morgan fingerprint density at radius 3 is 2.03 bits per heavy atom. The minimum Gasteiger partial charge on any atom is -0.478 e. The Kier molecular flexibility index (Phi) is 6.48. The van der Waals surface area contributed by atoms with Crippen LogP contribution in [0.4, 0.5) is 17.1 Å². The number of carboxylic acid groups (broad SMARTS) is 1. The van der Waals surface area contributed by atoms with Gasteiger partial charge in [0, 0.05) is 16.8 Å². The monoisotopic (exact) mass is 432 g/mol. The van der Waals surface area contributed by atoms with E-state index in [0.29, 0.717) is 16.8 Å². The highest BCUT2D eigenvalue weighted by Crippen LogP contribution is 2.27. The topological polar surface area (TPSA) is 78.4 Å². The number of aromatic carboxylic acids is 1. The lowest BCUT2D eigenvalue weighted by atomic mass is 10.0. The van der Waals surface area contributed by atoms with Crippen LogP contribution in [0.3, 0.4) is 0 Å². The number of nitrogens with one attached hydrogen (secondary N) is 2. The summed E-state index contributed by atoms with van der Waals surface area (Å²) in [6, 6.07) is 30.6. The molecule has 0 bridgehead atoms. The zero-order valence-electron chi connectivity index (χ0n) is 17.6. The maximum absolute atomic E-state index is 13.2. The third-order valence-corrected chi connectivity index (χ3v) is 4.87. The van der Waals surface area contributed by atoms with Gasteiger partial charge in [-0.3, -0.25) is 4.79 Å². The molecule has 5 heteroatoms. The molecule has 0 saturated carbocycles. The molecule has 0 atom stereocenters. The smallest absolute Gasteiger partial charge is 0.337 e. The summed E-state index contributed by atoms with van der Waals surface area (Å²) in [4.78, 5) is 24.8. The van der Waals surface area contributed by atoms with Gasteiger partial charge in [-0.25, -0.2) is 4.79 Å². The van der Waals surface area contributed by atoms with Gasteiger partial charge in [0.05, 0.1) is 22.5 Å². The normalized spacial score (nSPS) is 9.94. The van der Waals surface area contributed by atoms with E-state index >= 15 is 0 Å². The Bertz CT molecular complexity index is 1350. The van der Waals surface area contributed by atoms with E-state index in [4.69, 9.17) is 0 Å². The van der Waals surface area contributed by atoms with Crippen molar-refractivity contribution in [2.45, 2.75) is 0 Å². The van der Waals surface area contributed by atoms with Crippen molar-refractivity contribution in [1.82, 2.24) is 0 Å². The molecule has 160 valence electrons. The number of anilines is 3. The average Bonchev–Trinajstić information content (AvgIpc) is 2.85. The predicted octanol–water partition coefficient (Wildman–Crippen LogP) is 5.78. The number of para-hydroxylation sites is 3. The van der Waals surface area contributed by atoms with Gasteiger partial charge in [0.1, 0.15) is 0 Å². The van der Waals surface area contributed by atoms with E-state index in [-0.39, 0.29) is 11.3 Å². The SMILES string of the molecule is O=C(O)c1ccccc1NC(=O)c1cccc(C#Cc2ccccc2)c1Nc1ccccc1. The zero-order chi connectivity index (χ0) is 23.0. The van der Waals surface area contributed by atoms with E-state index in [2.05, 4.69) is 22.5 Å². The van der Waals surface area contributed by atoms with Crippen molar-refractivity contribution in [2.24, 2.45) is 0 Å². The fourth-order valence-corrected chi connectivity index (χ4v) is 3.28. The summed E-state index contributed by atoms with van der Waals surface area (Å²) in [6.07, 6.45) is 0. The molecular formula is C28H20N2O3. The number of hydrogen-bond acceptors (Lipinski definition) is 3. The van der Waals surface area contributed by atoms with Crippen LogP contribution in [0.5, 0.6) is 0 Å². The van der Waals surface area contributed by atoms with Crippen LogP contribution in [0.2, 0.25) is 0 Å². The molecule has 1 amide bonds. The Hall–Kier alpha value is -4.82. The highest BCUT2D eigenvalue weighted by atomic mass is 16.4. The van der Waals surface area contributed by atoms with Gasteiger partial charge >= 0.3 is 5.97 Å². The third-order valence-electron chi connectivity index (χ3n) is 4.87. The van der Waals surface area contributed by atoms with Gasteiger partial charge in [-0.15, -0.1) is 0 Å². The zero-order valence-corrected chi connectivity index (χ0v) is 17.6. The molecule has 4 aromatic rings. The summed E-state index contributed by atoms with van der Waals surface area (Å²) in [5.41, 5.74) is 3.42. The molecule has 5 nitrogen and oxygen atoms in total. The van der Waals surface area contributed by atoms with Crippen molar-refractivity contribution in [1.29, 1.82) is 0 Å². The van der Waals surface area contributed by atoms with Crippen LogP contribution in [-0.4, -0.2) is 17.0 Å². The van der Waals surface area contributed by atoms with Gasteiger partial charge in [-0.2, -0.15) is 0 Å². The van der Waals surface area contributed by atoms with E-state index in [0.717, 1.165) is 11.3 Å².